The summed E-state index contributed by atoms with van der Waals surface area (Å²) in [7, 11) is 2.18. The highest BCUT2D eigenvalue weighted by atomic mass is 32.1. The Morgan fingerprint density at radius 1 is 1.26 bits per heavy atom. The van der Waals surface area contributed by atoms with Crippen molar-refractivity contribution in [1.82, 2.24) is 9.91 Å². The van der Waals surface area contributed by atoms with E-state index in [-0.39, 0.29) is 11.8 Å². The van der Waals surface area contributed by atoms with E-state index >= 15 is 0 Å². The van der Waals surface area contributed by atoms with Crippen molar-refractivity contribution in [2.24, 2.45) is 5.10 Å². The van der Waals surface area contributed by atoms with E-state index in [0.717, 1.165) is 43.9 Å². The zero-order valence-corrected chi connectivity index (χ0v) is 16.7. The molecule has 2 aromatic rings. The van der Waals surface area contributed by atoms with Crippen LogP contribution in [0.5, 0.6) is 11.5 Å². The first kappa shape index (κ1) is 17.1. The molecule has 3 aliphatic rings. The fraction of sp³-hybridized carbons (Fsp3) is 0.476. The van der Waals surface area contributed by atoms with Crippen molar-refractivity contribution >= 4 is 17.0 Å². The highest BCUT2D eigenvalue weighted by Gasteiger charge is 2.52. The van der Waals surface area contributed by atoms with E-state index in [1.165, 1.54) is 16.2 Å². The van der Waals surface area contributed by atoms with Gasteiger partial charge in [0.1, 0.15) is 0 Å². The summed E-state index contributed by atoms with van der Waals surface area (Å²) in [6.45, 7) is 4.69. The van der Waals surface area contributed by atoms with E-state index < -0.39 is 0 Å². The van der Waals surface area contributed by atoms with Crippen molar-refractivity contribution in [3.8, 4) is 11.5 Å². The average molecular weight is 384 g/mol. The Hall–Kier alpha value is -2.05. The number of likely N-dealkylation sites (tertiary alicyclic amines) is 1. The third kappa shape index (κ3) is 2.74. The molecule has 1 aromatic heterocycles. The molecule has 1 spiro atoms. The highest BCUT2D eigenvalue weighted by Crippen LogP contribution is 2.52. The molecule has 27 heavy (non-hydrogen) atoms. The third-order valence-electron chi connectivity index (χ3n) is 5.86. The number of para-hydroxylation sites is 1. The average Bonchev–Trinajstić information content (AvgIpc) is 3.35. The Morgan fingerprint density at radius 2 is 2.11 bits per heavy atom. The van der Waals surface area contributed by atoms with Gasteiger partial charge in [-0.2, -0.15) is 5.10 Å². The van der Waals surface area contributed by atoms with Gasteiger partial charge in [-0.1, -0.05) is 18.2 Å². The molecular weight excluding hydrogens is 358 g/mol. The first-order valence-corrected chi connectivity index (χ1v) is 10.6. The Labute approximate surface area is 164 Å². The fourth-order valence-corrected chi connectivity index (χ4v) is 5.15. The van der Waals surface area contributed by atoms with Crippen LogP contribution in [-0.4, -0.2) is 48.1 Å². The second kappa shape index (κ2) is 6.53. The first-order chi connectivity index (χ1) is 13.2. The molecule has 0 bridgehead atoms. The van der Waals surface area contributed by atoms with Crippen LogP contribution in [-0.2, 0) is 0 Å². The van der Waals surface area contributed by atoms with Crippen molar-refractivity contribution < 1.29 is 9.47 Å². The smallest absolute Gasteiger partial charge is 0.200 e. The lowest BCUT2D eigenvalue weighted by molar-refractivity contribution is -0.148. The lowest BCUT2D eigenvalue weighted by Gasteiger charge is -2.51. The summed E-state index contributed by atoms with van der Waals surface area (Å²) in [5, 5.41) is 9.50. The van der Waals surface area contributed by atoms with Crippen LogP contribution in [0, 0.1) is 0 Å². The molecule has 5 rings (SSSR count). The molecular formula is C21H25N3O2S. The largest absolute Gasteiger partial charge is 0.490 e. The summed E-state index contributed by atoms with van der Waals surface area (Å²) >= 11 is 1.76. The zero-order valence-electron chi connectivity index (χ0n) is 15.9. The maximum absolute atomic E-state index is 6.74. The van der Waals surface area contributed by atoms with Gasteiger partial charge in [0.05, 0.1) is 23.2 Å². The quantitative estimate of drug-likeness (QED) is 0.799. The number of thiophene rings is 1. The number of benzene rings is 1. The van der Waals surface area contributed by atoms with Crippen LogP contribution in [0.25, 0.3) is 0 Å². The number of hydrazone groups is 1. The van der Waals surface area contributed by atoms with E-state index in [1.807, 2.05) is 13.0 Å². The van der Waals surface area contributed by atoms with Crippen LogP contribution >= 0.6 is 11.3 Å². The number of hydrogen-bond acceptors (Lipinski definition) is 6. The lowest BCUT2D eigenvalue weighted by Crippen LogP contribution is -2.58. The Kier molecular flexibility index (Phi) is 4.13. The molecule has 0 N–H and O–H groups in total. The van der Waals surface area contributed by atoms with E-state index in [2.05, 4.69) is 46.6 Å². The van der Waals surface area contributed by atoms with Crippen LogP contribution in [0.2, 0.25) is 0 Å². The van der Waals surface area contributed by atoms with Gasteiger partial charge in [-0.25, -0.2) is 5.01 Å². The number of nitrogens with zero attached hydrogens (tertiary/aromatic N) is 3. The van der Waals surface area contributed by atoms with Crippen LogP contribution in [0.3, 0.4) is 0 Å². The summed E-state index contributed by atoms with van der Waals surface area (Å²) in [5.41, 5.74) is 1.99. The van der Waals surface area contributed by atoms with E-state index in [1.54, 1.807) is 11.3 Å². The van der Waals surface area contributed by atoms with Gasteiger partial charge >= 0.3 is 0 Å². The van der Waals surface area contributed by atoms with Crippen molar-refractivity contribution in [3.63, 3.8) is 0 Å². The predicted octanol–water partition coefficient (Wildman–Crippen LogP) is 4.11. The fourth-order valence-electron chi connectivity index (χ4n) is 4.43. The molecule has 4 heterocycles. The SMILES string of the molecule is CCOc1cccc2c1OC1(CCN(C)CC1)N1N=C(c3cccs3)C[C@H]21. The van der Waals surface area contributed by atoms with Gasteiger partial charge in [-0.15, -0.1) is 11.3 Å². The lowest BCUT2D eigenvalue weighted by atomic mass is 9.91. The summed E-state index contributed by atoms with van der Waals surface area (Å²) in [6.07, 6.45) is 2.81. The highest BCUT2D eigenvalue weighted by molar-refractivity contribution is 7.12. The maximum Gasteiger partial charge on any atom is 0.200 e. The van der Waals surface area contributed by atoms with Gasteiger partial charge in [-0.05, 0) is 31.5 Å². The molecule has 1 fully saturated rings. The molecule has 0 radical (unpaired) electrons. The number of ether oxygens (including phenoxy) is 2. The summed E-state index contributed by atoms with van der Waals surface area (Å²) in [5.74, 6) is 1.78. The summed E-state index contributed by atoms with van der Waals surface area (Å²) in [4.78, 5) is 3.63. The van der Waals surface area contributed by atoms with Crippen LogP contribution < -0.4 is 9.47 Å². The van der Waals surface area contributed by atoms with Gasteiger partial charge in [-0.3, -0.25) is 0 Å². The van der Waals surface area contributed by atoms with Crippen molar-refractivity contribution in [1.29, 1.82) is 0 Å². The number of fused-ring (bicyclic) bond motifs is 4. The maximum atomic E-state index is 6.74. The zero-order chi connectivity index (χ0) is 18.4. The first-order valence-electron chi connectivity index (χ1n) is 9.74. The molecule has 3 aliphatic heterocycles. The van der Waals surface area contributed by atoms with Gasteiger partial charge in [0.15, 0.2) is 11.5 Å². The molecule has 0 amide bonds. The molecule has 142 valence electrons. The minimum absolute atomic E-state index is 0.217. The predicted molar refractivity (Wildman–Crippen MR) is 108 cm³/mol. The Balaban J connectivity index is 1.60. The number of rotatable bonds is 3. The molecule has 1 atom stereocenters. The molecule has 1 saturated heterocycles. The van der Waals surface area contributed by atoms with Crippen LogP contribution in [0.15, 0.2) is 40.8 Å². The Morgan fingerprint density at radius 3 is 2.85 bits per heavy atom. The standard InChI is InChI=1S/C21H25N3O2S/c1-3-25-18-7-4-6-15-17-14-16(19-8-5-13-27-19)22-24(17)21(26-20(15)18)9-11-23(2)12-10-21/h4-8,13,17H,3,9-12,14H2,1-2H3/t17-/m1/s1. The van der Waals surface area contributed by atoms with Crippen molar-refractivity contribution in [2.45, 2.75) is 38.0 Å². The molecule has 0 saturated carbocycles. The van der Waals surface area contributed by atoms with Gasteiger partial charge < -0.3 is 14.4 Å². The van der Waals surface area contributed by atoms with Crippen LogP contribution in [0.1, 0.15) is 42.7 Å². The normalized spacial score (nSPS) is 23.6. The minimum Gasteiger partial charge on any atom is -0.490 e. The number of hydrogen-bond donors (Lipinski definition) is 0. The third-order valence-corrected chi connectivity index (χ3v) is 6.78. The molecule has 6 heteroatoms. The second-order valence-electron chi connectivity index (χ2n) is 7.55. The molecule has 1 aromatic carbocycles. The van der Waals surface area contributed by atoms with E-state index in [0.29, 0.717) is 6.61 Å². The van der Waals surface area contributed by atoms with Gasteiger partial charge in [0.2, 0.25) is 5.72 Å². The second-order valence-corrected chi connectivity index (χ2v) is 8.50. The molecule has 0 aliphatic carbocycles. The van der Waals surface area contributed by atoms with Crippen molar-refractivity contribution in [2.75, 3.05) is 26.7 Å². The topological polar surface area (TPSA) is 37.3 Å². The molecule has 5 nitrogen and oxygen atoms in total. The Bertz CT molecular complexity index is 856. The van der Waals surface area contributed by atoms with Gasteiger partial charge in [0, 0.05) is 37.9 Å². The van der Waals surface area contributed by atoms with Crippen LogP contribution in [0.4, 0.5) is 0 Å². The minimum atomic E-state index is -0.379. The van der Waals surface area contributed by atoms with Gasteiger partial charge in [0.25, 0.3) is 0 Å². The van der Waals surface area contributed by atoms with Crippen molar-refractivity contribution in [3.05, 3.63) is 46.2 Å². The van der Waals surface area contributed by atoms with E-state index in [4.69, 9.17) is 14.6 Å². The molecule has 0 unspecified atom stereocenters. The summed E-state index contributed by atoms with van der Waals surface area (Å²) in [6, 6.07) is 10.8. The summed E-state index contributed by atoms with van der Waals surface area (Å²) < 4.78 is 12.7. The van der Waals surface area contributed by atoms with E-state index in [9.17, 15) is 0 Å². The number of piperidine rings is 1. The monoisotopic (exact) mass is 383 g/mol.